The monoisotopic (exact) mass is 432 g/mol. The molecule has 0 aliphatic carbocycles. The predicted octanol–water partition coefficient (Wildman–Crippen LogP) is 5.45. The van der Waals surface area contributed by atoms with Gasteiger partial charge in [-0.25, -0.2) is 0 Å². The number of aromatic nitrogens is 3. The molecule has 6 nitrogen and oxygen atoms in total. The van der Waals surface area contributed by atoms with Gasteiger partial charge in [0, 0.05) is 22.8 Å². The minimum atomic E-state index is -0.249. The van der Waals surface area contributed by atoms with Gasteiger partial charge < -0.3 is 14.6 Å². The SMILES string of the molecule is CCn1cnnc1-c1cccc(NC(=O)c2ccccc2OCc2ccc(Cl)cc2)c1. The Bertz CT molecular complexity index is 1190. The number of para-hydroxylation sites is 1. The molecule has 1 N–H and O–H groups in total. The van der Waals surface area contributed by atoms with Gasteiger partial charge >= 0.3 is 0 Å². The second-order valence-electron chi connectivity index (χ2n) is 6.89. The Morgan fingerprint density at radius 2 is 1.87 bits per heavy atom. The first-order valence-corrected chi connectivity index (χ1v) is 10.3. The standard InChI is InChI=1S/C24H21ClN4O2/c1-2-29-16-26-28-23(29)18-6-5-7-20(14-18)27-24(30)21-8-3-4-9-22(21)31-15-17-10-12-19(25)13-11-17/h3-14,16H,2,15H2,1H3,(H,27,30). The Kier molecular flexibility index (Phi) is 6.29. The van der Waals surface area contributed by atoms with E-state index in [9.17, 15) is 4.79 Å². The molecule has 0 unspecified atom stereocenters. The van der Waals surface area contributed by atoms with E-state index in [-0.39, 0.29) is 5.91 Å². The van der Waals surface area contributed by atoms with Crippen LogP contribution in [0.4, 0.5) is 5.69 Å². The summed E-state index contributed by atoms with van der Waals surface area (Å²) in [4.78, 5) is 13.0. The van der Waals surface area contributed by atoms with Gasteiger partial charge in [-0.1, -0.05) is 48.0 Å². The summed E-state index contributed by atoms with van der Waals surface area (Å²) in [6, 6.07) is 22.1. The molecule has 1 heterocycles. The van der Waals surface area contributed by atoms with E-state index in [1.165, 1.54) is 0 Å². The Morgan fingerprint density at radius 1 is 1.06 bits per heavy atom. The van der Waals surface area contributed by atoms with Crippen molar-refractivity contribution in [3.8, 4) is 17.1 Å². The Morgan fingerprint density at radius 3 is 2.68 bits per heavy atom. The summed E-state index contributed by atoms with van der Waals surface area (Å²) in [6.45, 7) is 3.13. The third-order valence-electron chi connectivity index (χ3n) is 4.77. The van der Waals surface area contributed by atoms with Gasteiger partial charge in [-0.15, -0.1) is 10.2 Å². The van der Waals surface area contributed by atoms with Crippen molar-refractivity contribution in [3.05, 3.63) is 95.3 Å². The summed E-state index contributed by atoms with van der Waals surface area (Å²) in [5.74, 6) is 1.02. The van der Waals surface area contributed by atoms with E-state index in [1.807, 2.05) is 72.2 Å². The molecular formula is C24H21ClN4O2. The highest BCUT2D eigenvalue weighted by Crippen LogP contribution is 2.24. The summed E-state index contributed by atoms with van der Waals surface area (Å²) in [6.07, 6.45) is 1.69. The fraction of sp³-hybridized carbons (Fsp3) is 0.125. The number of aryl methyl sites for hydroxylation is 1. The number of hydrogen-bond donors (Lipinski definition) is 1. The molecule has 0 aliphatic heterocycles. The van der Waals surface area contributed by atoms with Crippen LogP contribution < -0.4 is 10.1 Å². The van der Waals surface area contributed by atoms with Gasteiger partial charge in [0.15, 0.2) is 5.82 Å². The third-order valence-corrected chi connectivity index (χ3v) is 5.03. The number of anilines is 1. The number of nitrogens with one attached hydrogen (secondary N) is 1. The van der Waals surface area contributed by atoms with Crippen LogP contribution in [0.3, 0.4) is 0 Å². The lowest BCUT2D eigenvalue weighted by Gasteiger charge is -2.12. The number of amides is 1. The van der Waals surface area contributed by atoms with Crippen molar-refractivity contribution in [2.24, 2.45) is 0 Å². The van der Waals surface area contributed by atoms with Crippen LogP contribution in [-0.4, -0.2) is 20.7 Å². The smallest absolute Gasteiger partial charge is 0.259 e. The van der Waals surface area contributed by atoms with E-state index in [0.717, 1.165) is 23.5 Å². The molecule has 0 fully saturated rings. The third kappa shape index (κ3) is 4.92. The first-order chi connectivity index (χ1) is 15.1. The van der Waals surface area contributed by atoms with Crippen LogP contribution >= 0.6 is 11.6 Å². The quantitative estimate of drug-likeness (QED) is 0.421. The number of carbonyl (C=O) groups excluding carboxylic acids is 1. The van der Waals surface area contributed by atoms with Gasteiger partial charge in [0.2, 0.25) is 0 Å². The predicted molar refractivity (Wildman–Crippen MR) is 121 cm³/mol. The summed E-state index contributed by atoms with van der Waals surface area (Å²) in [5.41, 5.74) is 2.97. The van der Waals surface area contributed by atoms with E-state index in [4.69, 9.17) is 16.3 Å². The van der Waals surface area contributed by atoms with Gasteiger partial charge in [-0.05, 0) is 48.9 Å². The van der Waals surface area contributed by atoms with Crippen molar-refractivity contribution in [2.45, 2.75) is 20.1 Å². The second kappa shape index (κ2) is 9.45. The molecule has 0 aliphatic rings. The van der Waals surface area contributed by atoms with Crippen molar-refractivity contribution in [1.82, 2.24) is 14.8 Å². The summed E-state index contributed by atoms with van der Waals surface area (Å²) in [7, 11) is 0. The molecule has 7 heteroatoms. The summed E-state index contributed by atoms with van der Waals surface area (Å²) in [5, 5.41) is 11.8. The maximum absolute atomic E-state index is 13.0. The lowest BCUT2D eigenvalue weighted by atomic mass is 10.1. The molecule has 1 amide bonds. The van der Waals surface area contributed by atoms with Crippen LogP contribution in [0.2, 0.25) is 5.02 Å². The van der Waals surface area contributed by atoms with E-state index in [1.54, 1.807) is 18.5 Å². The summed E-state index contributed by atoms with van der Waals surface area (Å²) >= 11 is 5.93. The zero-order valence-corrected chi connectivity index (χ0v) is 17.7. The number of ether oxygens (including phenoxy) is 1. The topological polar surface area (TPSA) is 69.0 Å². The molecular weight excluding hydrogens is 412 g/mol. The highest BCUT2D eigenvalue weighted by molar-refractivity contribution is 6.30. The largest absolute Gasteiger partial charge is 0.488 e. The van der Waals surface area contributed by atoms with Gasteiger partial charge in [-0.2, -0.15) is 0 Å². The van der Waals surface area contributed by atoms with Crippen molar-refractivity contribution in [1.29, 1.82) is 0 Å². The van der Waals surface area contributed by atoms with Gasteiger partial charge in [-0.3, -0.25) is 4.79 Å². The minimum absolute atomic E-state index is 0.249. The number of halogens is 1. The Balaban J connectivity index is 1.50. The highest BCUT2D eigenvalue weighted by Gasteiger charge is 2.14. The number of rotatable bonds is 7. The molecule has 4 rings (SSSR count). The first-order valence-electron chi connectivity index (χ1n) is 9.90. The molecule has 156 valence electrons. The van der Waals surface area contributed by atoms with Crippen LogP contribution in [0.25, 0.3) is 11.4 Å². The van der Waals surface area contributed by atoms with E-state index in [2.05, 4.69) is 15.5 Å². The second-order valence-corrected chi connectivity index (χ2v) is 7.32. The van der Waals surface area contributed by atoms with Gasteiger partial charge in [0.25, 0.3) is 5.91 Å². The number of benzene rings is 3. The van der Waals surface area contributed by atoms with Crippen LogP contribution in [0.1, 0.15) is 22.8 Å². The van der Waals surface area contributed by atoms with Crippen molar-refractivity contribution in [3.63, 3.8) is 0 Å². The summed E-state index contributed by atoms with van der Waals surface area (Å²) < 4.78 is 7.85. The highest BCUT2D eigenvalue weighted by atomic mass is 35.5. The molecule has 0 saturated carbocycles. The minimum Gasteiger partial charge on any atom is -0.488 e. The molecule has 0 bridgehead atoms. The van der Waals surface area contributed by atoms with Gasteiger partial charge in [0.1, 0.15) is 18.7 Å². The number of hydrogen-bond acceptors (Lipinski definition) is 4. The van der Waals surface area contributed by atoms with Crippen molar-refractivity contribution >= 4 is 23.2 Å². The molecule has 3 aromatic carbocycles. The molecule has 31 heavy (non-hydrogen) atoms. The van der Waals surface area contributed by atoms with Gasteiger partial charge in [0.05, 0.1) is 5.56 Å². The molecule has 0 saturated heterocycles. The molecule has 0 atom stereocenters. The maximum atomic E-state index is 13.0. The van der Waals surface area contributed by atoms with E-state index >= 15 is 0 Å². The Labute approximate surface area is 185 Å². The fourth-order valence-electron chi connectivity index (χ4n) is 3.17. The van der Waals surface area contributed by atoms with Crippen LogP contribution in [0.5, 0.6) is 5.75 Å². The molecule has 4 aromatic rings. The fourth-order valence-corrected chi connectivity index (χ4v) is 3.29. The Hall–Kier alpha value is -3.64. The molecule has 1 aromatic heterocycles. The average Bonchev–Trinajstić information content (AvgIpc) is 3.28. The van der Waals surface area contributed by atoms with Crippen molar-refractivity contribution in [2.75, 3.05) is 5.32 Å². The number of nitrogens with zero attached hydrogens (tertiary/aromatic N) is 3. The lowest BCUT2D eigenvalue weighted by Crippen LogP contribution is -2.13. The first kappa shape index (κ1) is 20.6. The molecule has 0 spiro atoms. The van der Waals surface area contributed by atoms with Crippen LogP contribution in [-0.2, 0) is 13.2 Å². The van der Waals surface area contributed by atoms with E-state index < -0.39 is 0 Å². The van der Waals surface area contributed by atoms with Crippen LogP contribution in [0, 0.1) is 0 Å². The maximum Gasteiger partial charge on any atom is 0.259 e. The van der Waals surface area contributed by atoms with E-state index in [0.29, 0.717) is 28.6 Å². The van der Waals surface area contributed by atoms with Crippen LogP contribution in [0.15, 0.2) is 79.1 Å². The molecule has 0 radical (unpaired) electrons. The normalized spacial score (nSPS) is 10.6. The average molecular weight is 433 g/mol. The number of carbonyl (C=O) groups is 1. The van der Waals surface area contributed by atoms with Crippen molar-refractivity contribution < 1.29 is 9.53 Å². The zero-order chi connectivity index (χ0) is 21.6. The zero-order valence-electron chi connectivity index (χ0n) is 17.0. The lowest BCUT2D eigenvalue weighted by molar-refractivity contribution is 0.102.